The first-order chi connectivity index (χ1) is 14.9. The smallest absolute Gasteiger partial charge is 0.289 e. The molecular weight excluding hydrogens is 392 g/mol. The van der Waals surface area contributed by atoms with Crippen LogP contribution in [0.5, 0.6) is 0 Å². The van der Waals surface area contributed by atoms with Crippen LogP contribution in [0.3, 0.4) is 0 Å². The number of hydrogen-bond acceptors (Lipinski definition) is 6. The van der Waals surface area contributed by atoms with Gasteiger partial charge < -0.3 is 15.1 Å². The van der Waals surface area contributed by atoms with Crippen molar-refractivity contribution in [1.29, 1.82) is 0 Å². The lowest BCUT2D eigenvalue weighted by Crippen LogP contribution is -2.26. The Kier molecular flexibility index (Phi) is 7.30. The van der Waals surface area contributed by atoms with Gasteiger partial charge in [0.25, 0.3) is 5.91 Å². The molecule has 3 aromatic rings. The molecule has 8 nitrogen and oxygen atoms in total. The van der Waals surface area contributed by atoms with E-state index in [9.17, 15) is 4.79 Å². The van der Waals surface area contributed by atoms with E-state index < -0.39 is 0 Å². The predicted molar refractivity (Wildman–Crippen MR) is 122 cm³/mol. The van der Waals surface area contributed by atoms with Gasteiger partial charge in [-0.25, -0.2) is 14.6 Å². The number of aryl methyl sites for hydroxylation is 4. The number of hydrogen-bond donors (Lipinski definition) is 2. The Balaban J connectivity index is 1.97. The quantitative estimate of drug-likeness (QED) is 0.489. The van der Waals surface area contributed by atoms with Crippen molar-refractivity contribution in [2.75, 3.05) is 5.32 Å². The first-order valence-corrected chi connectivity index (χ1v) is 11.2. The van der Waals surface area contributed by atoms with E-state index in [1.807, 2.05) is 17.8 Å². The van der Waals surface area contributed by atoms with Crippen molar-refractivity contribution in [3.05, 3.63) is 34.8 Å². The molecule has 3 rings (SSSR count). The second-order valence-electron chi connectivity index (χ2n) is 8.00. The van der Waals surface area contributed by atoms with Gasteiger partial charge in [-0.2, -0.15) is 5.10 Å². The van der Waals surface area contributed by atoms with Gasteiger partial charge >= 0.3 is 0 Å². The van der Waals surface area contributed by atoms with Crippen LogP contribution in [0.4, 0.5) is 5.69 Å². The number of carbonyl (C=O) groups excluding carboxylic acids is 1. The zero-order valence-corrected chi connectivity index (χ0v) is 19.5. The number of pyridine rings is 1. The van der Waals surface area contributed by atoms with Gasteiger partial charge in [0.15, 0.2) is 11.5 Å². The van der Waals surface area contributed by atoms with Gasteiger partial charge in [0.1, 0.15) is 0 Å². The lowest BCUT2D eigenvalue weighted by Gasteiger charge is -2.23. The maximum atomic E-state index is 12.7. The van der Waals surface area contributed by atoms with Crippen molar-refractivity contribution in [3.8, 4) is 0 Å². The monoisotopic (exact) mass is 426 g/mol. The molecule has 168 valence electrons. The standard InChI is InChI=1S/C23H34N6O2/c1-7-10-17(11-8-2)28-20-18(12-24-23(30)21-15(5)26-16(6)31-21)14(4)27-22-19(20)13-25-29(22)9-3/h13,17H,7-12H2,1-6H3,(H,24,30)(H,27,28). The van der Waals surface area contributed by atoms with Crippen molar-refractivity contribution < 1.29 is 9.21 Å². The molecule has 1 amide bonds. The summed E-state index contributed by atoms with van der Waals surface area (Å²) < 4.78 is 7.38. The van der Waals surface area contributed by atoms with Crippen molar-refractivity contribution in [3.63, 3.8) is 0 Å². The highest BCUT2D eigenvalue weighted by Crippen LogP contribution is 2.30. The first kappa shape index (κ1) is 22.8. The van der Waals surface area contributed by atoms with Gasteiger partial charge in [-0.15, -0.1) is 0 Å². The predicted octanol–water partition coefficient (Wildman–Crippen LogP) is 4.68. The Morgan fingerprint density at radius 3 is 2.39 bits per heavy atom. The summed E-state index contributed by atoms with van der Waals surface area (Å²) in [5.74, 6) is 0.469. The minimum absolute atomic E-state index is 0.257. The lowest BCUT2D eigenvalue weighted by molar-refractivity contribution is 0.0921. The van der Waals surface area contributed by atoms with Crippen molar-refractivity contribution in [2.45, 2.75) is 86.4 Å². The van der Waals surface area contributed by atoms with Gasteiger partial charge in [0, 0.05) is 37.3 Å². The number of aromatic nitrogens is 4. The Bertz CT molecular complexity index is 1050. The van der Waals surface area contributed by atoms with E-state index in [-0.39, 0.29) is 11.7 Å². The molecule has 0 aliphatic carbocycles. The van der Waals surface area contributed by atoms with Gasteiger partial charge in [-0.1, -0.05) is 26.7 Å². The largest absolute Gasteiger partial charge is 0.436 e. The number of carbonyl (C=O) groups is 1. The molecular formula is C23H34N6O2. The number of fused-ring (bicyclic) bond motifs is 1. The number of amides is 1. The third-order valence-corrected chi connectivity index (χ3v) is 5.55. The zero-order valence-electron chi connectivity index (χ0n) is 19.5. The maximum absolute atomic E-state index is 12.7. The first-order valence-electron chi connectivity index (χ1n) is 11.2. The maximum Gasteiger partial charge on any atom is 0.289 e. The summed E-state index contributed by atoms with van der Waals surface area (Å²) in [7, 11) is 0. The van der Waals surface area contributed by atoms with Crippen LogP contribution in [0.25, 0.3) is 11.0 Å². The van der Waals surface area contributed by atoms with Crippen molar-refractivity contribution in [2.24, 2.45) is 0 Å². The SMILES string of the molecule is CCCC(CCC)Nc1c(CNC(=O)c2oc(C)nc2C)c(C)nc2c1cnn2CC. The summed E-state index contributed by atoms with van der Waals surface area (Å²) >= 11 is 0. The third-order valence-electron chi connectivity index (χ3n) is 5.55. The fourth-order valence-electron chi connectivity index (χ4n) is 4.04. The summed E-state index contributed by atoms with van der Waals surface area (Å²) in [5.41, 5.74) is 4.32. The summed E-state index contributed by atoms with van der Waals surface area (Å²) in [6.45, 7) is 13.1. The average Bonchev–Trinajstić information content (AvgIpc) is 3.29. The Morgan fingerprint density at radius 2 is 1.81 bits per heavy atom. The summed E-state index contributed by atoms with van der Waals surface area (Å²) in [5, 5.41) is 12.3. The summed E-state index contributed by atoms with van der Waals surface area (Å²) in [4.78, 5) is 21.7. The van der Waals surface area contributed by atoms with Crippen LogP contribution in [-0.2, 0) is 13.1 Å². The van der Waals surface area contributed by atoms with Crippen molar-refractivity contribution in [1.82, 2.24) is 25.1 Å². The molecule has 31 heavy (non-hydrogen) atoms. The van der Waals surface area contributed by atoms with E-state index >= 15 is 0 Å². The van der Waals surface area contributed by atoms with Gasteiger partial charge in [-0.05, 0) is 33.6 Å². The van der Waals surface area contributed by atoms with Gasteiger partial charge in [0.05, 0.1) is 23.0 Å². The summed E-state index contributed by atoms with van der Waals surface area (Å²) in [6.07, 6.45) is 6.25. The second kappa shape index (κ2) is 9.94. The van der Waals surface area contributed by atoms with E-state index in [4.69, 9.17) is 9.40 Å². The molecule has 0 unspecified atom stereocenters. The molecule has 0 spiro atoms. The lowest BCUT2D eigenvalue weighted by atomic mass is 10.0. The molecule has 2 N–H and O–H groups in total. The molecule has 0 bridgehead atoms. The number of oxazole rings is 1. The molecule has 0 aliphatic heterocycles. The highest BCUT2D eigenvalue weighted by atomic mass is 16.4. The molecule has 0 saturated heterocycles. The van der Waals surface area contributed by atoms with Crippen LogP contribution in [0.2, 0.25) is 0 Å². The highest BCUT2D eigenvalue weighted by Gasteiger charge is 2.21. The highest BCUT2D eigenvalue weighted by molar-refractivity contribution is 5.94. The minimum Gasteiger partial charge on any atom is -0.436 e. The fourth-order valence-corrected chi connectivity index (χ4v) is 4.04. The molecule has 0 fully saturated rings. The molecule has 0 saturated carbocycles. The molecule has 0 radical (unpaired) electrons. The summed E-state index contributed by atoms with van der Waals surface area (Å²) in [6, 6.07) is 0.360. The molecule has 8 heteroatoms. The molecule has 0 aliphatic rings. The number of rotatable bonds is 10. The van der Waals surface area contributed by atoms with Crippen LogP contribution < -0.4 is 10.6 Å². The van der Waals surface area contributed by atoms with Crippen LogP contribution in [0.1, 0.15) is 79.9 Å². The van der Waals surface area contributed by atoms with E-state index in [0.717, 1.165) is 60.2 Å². The van der Waals surface area contributed by atoms with Crippen LogP contribution in [-0.4, -0.2) is 31.7 Å². The Morgan fingerprint density at radius 1 is 1.10 bits per heavy atom. The number of nitrogens with zero attached hydrogens (tertiary/aromatic N) is 4. The molecule has 0 aromatic carbocycles. The van der Waals surface area contributed by atoms with E-state index in [0.29, 0.717) is 24.2 Å². The zero-order chi connectivity index (χ0) is 22.5. The molecule has 3 aromatic heterocycles. The fraction of sp³-hybridized carbons (Fsp3) is 0.565. The van der Waals surface area contributed by atoms with Gasteiger partial charge in [-0.3, -0.25) is 4.79 Å². The topological polar surface area (TPSA) is 97.9 Å². The molecule has 3 heterocycles. The van der Waals surface area contributed by atoms with E-state index in [1.165, 1.54) is 0 Å². The molecule has 0 atom stereocenters. The van der Waals surface area contributed by atoms with Crippen LogP contribution in [0, 0.1) is 20.8 Å². The average molecular weight is 427 g/mol. The normalized spacial score (nSPS) is 11.5. The van der Waals surface area contributed by atoms with E-state index in [1.54, 1.807) is 13.8 Å². The Labute approximate surface area is 183 Å². The second-order valence-corrected chi connectivity index (χ2v) is 8.00. The van der Waals surface area contributed by atoms with Crippen molar-refractivity contribution >= 4 is 22.6 Å². The minimum atomic E-state index is -0.272. The van der Waals surface area contributed by atoms with Crippen LogP contribution >= 0.6 is 0 Å². The third kappa shape index (κ3) is 4.89. The number of anilines is 1. The number of nitrogens with one attached hydrogen (secondary N) is 2. The van der Waals surface area contributed by atoms with Crippen LogP contribution in [0.15, 0.2) is 10.6 Å². The van der Waals surface area contributed by atoms with E-state index in [2.05, 4.69) is 41.5 Å². The Hall–Kier alpha value is -2.90. The van der Waals surface area contributed by atoms with Gasteiger partial charge in [0.2, 0.25) is 5.76 Å².